The molecule has 4 nitrogen and oxygen atoms in total. The summed E-state index contributed by atoms with van der Waals surface area (Å²) >= 11 is 0. The van der Waals surface area contributed by atoms with Crippen molar-refractivity contribution in [2.75, 3.05) is 6.61 Å². The zero-order valence-electron chi connectivity index (χ0n) is 13.5. The van der Waals surface area contributed by atoms with E-state index in [4.69, 9.17) is 4.74 Å². The van der Waals surface area contributed by atoms with Crippen molar-refractivity contribution in [3.05, 3.63) is 59.8 Å². The molecule has 0 spiro atoms. The van der Waals surface area contributed by atoms with Gasteiger partial charge in [-0.25, -0.2) is 0 Å². The van der Waals surface area contributed by atoms with E-state index in [-0.39, 0.29) is 6.61 Å². The highest BCUT2D eigenvalue weighted by atomic mass is 19.4. The van der Waals surface area contributed by atoms with Crippen LogP contribution < -0.4 is 4.74 Å². The molecule has 2 aromatic rings. The number of allylic oxidation sites excluding steroid dienone is 1. The van der Waals surface area contributed by atoms with Crippen LogP contribution >= 0.6 is 0 Å². The predicted molar refractivity (Wildman–Crippen MR) is 83.5 cm³/mol. The number of alkyl halides is 3. The number of hydrogen-bond donors (Lipinski definition) is 0. The van der Waals surface area contributed by atoms with Crippen LogP contribution in [0.15, 0.2) is 48.5 Å². The highest BCUT2D eigenvalue weighted by Crippen LogP contribution is 2.27. The fourth-order valence-corrected chi connectivity index (χ4v) is 2.00. The zero-order valence-corrected chi connectivity index (χ0v) is 13.5. The Bertz CT molecular complexity index is 676. The molecule has 0 saturated heterocycles. The molecule has 7 heteroatoms. The first-order valence-corrected chi connectivity index (χ1v) is 7.60. The summed E-state index contributed by atoms with van der Waals surface area (Å²) in [5.74, 6) is -0.854. The summed E-state index contributed by atoms with van der Waals surface area (Å²) in [5, 5.41) is 4.39. The van der Waals surface area contributed by atoms with Crippen LogP contribution in [0.25, 0.3) is 0 Å². The molecule has 0 amide bonds. The van der Waals surface area contributed by atoms with Gasteiger partial charge in [-0.05, 0) is 37.1 Å². The van der Waals surface area contributed by atoms with Gasteiger partial charge in [0.1, 0.15) is 12.0 Å². The summed E-state index contributed by atoms with van der Waals surface area (Å²) in [6, 6.07) is 8.73. The molecule has 24 heavy (non-hydrogen) atoms. The normalized spacial score (nSPS) is 12.3. The number of ether oxygens (including phenoxy) is 2. The van der Waals surface area contributed by atoms with Gasteiger partial charge in [0.25, 0.3) is 0 Å². The fraction of sp³-hybridized carbons (Fsp3) is 0.353. The molecule has 130 valence electrons. The van der Waals surface area contributed by atoms with E-state index in [9.17, 15) is 13.2 Å². The van der Waals surface area contributed by atoms with Crippen molar-refractivity contribution in [2.24, 2.45) is 0 Å². The number of rotatable bonds is 7. The Hall–Kier alpha value is -2.44. The maximum absolute atomic E-state index is 12.7. The molecule has 2 rings (SSSR count). The van der Waals surface area contributed by atoms with Gasteiger partial charge in [-0.1, -0.05) is 19.1 Å². The van der Waals surface area contributed by atoms with Gasteiger partial charge >= 0.3 is 6.18 Å². The molecule has 0 N–H and O–H groups in total. The third kappa shape index (κ3) is 5.04. The molecule has 0 fully saturated rings. The summed E-state index contributed by atoms with van der Waals surface area (Å²) in [6.45, 7) is 4.01. The van der Waals surface area contributed by atoms with Crippen LogP contribution in [-0.2, 0) is 17.7 Å². The Balaban J connectivity index is 2.00. The van der Waals surface area contributed by atoms with Crippen molar-refractivity contribution < 1.29 is 22.6 Å². The lowest BCUT2D eigenvalue weighted by atomic mass is 10.2. The molecule has 0 atom stereocenters. The van der Waals surface area contributed by atoms with Gasteiger partial charge in [0.2, 0.25) is 5.76 Å². The van der Waals surface area contributed by atoms with Crippen LogP contribution in [0.5, 0.6) is 5.75 Å². The van der Waals surface area contributed by atoms with Crippen LogP contribution in [0.2, 0.25) is 0 Å². The standard InChI is InChI=1S/C17H19F3N2O2/c1-3-14-9-10-22(21-14)11-13-5-7-15(8-6-13)24-12-16(23-4-2)17(18,19)20/h5-10,12H,3-4,11H2,1-2H3/b16-12-. The summed E-state index contributed by atoms with van der Waals surface area (Å²) in [6.07, 6.45) is -1.23. The highest BCUT2D eigenvalue weighted by Gasteiger charge is 2.36. The zero-order chi connectivity index (χ0) is 17.6. The Labute approximate surface area is 138 Å². The molecule has 0 unspecified atom stereocenters. The Morgan fingerprint density at radius 1 is 1.17 bits per heavy atom. The minimum Gasteiger partial charge on any atom is -0.487 e. The third-order valence-corrected chi connectivity index (χ3v) is 3.21. The maximum atomic E-state index is 12.7. The van der Waals surface area contributed by atoms with Gasteiger partial charge in [-0.2, -0.15) is 18.3 Å². The van der Waals surface area contributed by atoms with E-state index in [1.807, 2.05) is 23.9 Å². The van der Waals surface area contributed by atoms with Crippen LogP contribution in [0.4, 0.5) is 13.2 Å². The van der Waals surface area contributed by atoms with Gasteiger partial charge in [0.15, 0.2) is 0 Å². The largest absolute Gasteiger partial charge is 0.487 e. The molecular formula is C17H19F3N2O2. The van der Waals surface area contributed by atoms with Crippen molar-refractivity contribution in [1.29, 1.82) is 0 Å². The van der Waals surface area contributed by atoms with E-state index in [0.717, 1.165) is 17.7 Å². The van der Waals surface area contributed by atoms with Crippen molar-refractivity contribution in [3.63, 3.8) is 0 Å². The topological polar surface area (TPSA) is 36.3 Å². The first-order chi connectivity index (χ1) is 11.4. The first-order valence-electron chi connectivity index (χ1n) is 7.60. The third-order valence-electron chi connectivity index (χ3n) is 3.21. The monoisotopic (exact) mass is 340 g/mol. The van der Waals surface area contributed by atoms with E-state index in [1.54, 1.807) is 24.3 Å². The van der Waals surface area contributed by atoms with Crippen molar-refractivity contribution >= 4 is 0 Å². The fourth-order valence-electron chi connectivity index (χ4n) is 2.00. The van der Waals surface area contributed by atoms with Crippen LogP contribution in [0.1, 0.15) is 25.1 Å². The lowest BCUT2D eigenvalue weighted by Crippen LogP contribution is -2.15. The summed E-state index contributed by atoms with van der Waals surface area (Å²) in [4.78, 5) is 0. The van der Waals surface area contributed by atoms with Crippen LogP contribution in [-0.4, -0.2) is 22.6 Å². The minimum atomic E-state index is -4.58. The van der Waals surface area contributed by atoms with Gasteiger partial charge in [-0.15, -0.1) is 0 Å². The first kappa shape index (κ1) is 17.9. The average molecular weight is 340 g/mol. The lowest BCUT2D eigenvalue weighted by molar-refractivity contribution is -0.132. The minimum absolute atomic E-state index is 0.0861. The van der Waals surface area contributed by atoms with Gasteiger partial charge in [0, 0.05) is 6.20 Å². The number of benzene rings is 1. The SMILES string of the molecule is CCO/C(=C\Oc1ccc(Cn2ccc(CC)n2)cc1)C(F)(F)F. The second kappa shape index (κ2) is 7.90. The van der Waals surface area contributed by atoms with E-state index in [2.05, 4.69) is 9.84 Å². The molecule has 1 aromatic carbocycles. The van der Waals surface area contributed by atoms with E-state index in [0.29, 0.717) is 18.6 Å². The molecule has 0 aliphatic rings. The van der Waals surface area contributed by atoms with Crippen LogP contribution in [0.3, 0.4) is 0 Å². The summed E-state index contributed by atoms with van der Waals surface area (Å²) in [5.41, 5.74) is 1.98. The summed E-state index contributed by atoms with van der Waals surface area (Å²) < 4.78 is 49.4. The van der Waals surface area contributed by atoms with Crippen molar-refractivity contribution in [1.82, 2.24) is 9.78 Å². The highest BCUT2D eigenvalue weighted by molar-refractivity contribution is 5.28. The average Bonchev–Trinajstić information content (AvgIpc) is 2.99. The Kier molecular flexibility index (Phi) is 5.89. The number of halogens is 3. The molecule has 0 radical (unpaired) electrons. The number of nitrogens with zero attached hydrogens (tertiary/aromatic N) is 2. The number of hydrogen-bond acceptors (Lipinski definition) is 3. The predicted octanol–water partition coefficient (Wildman–Crippen LogP) is 4.31. The van der Waals surface area contributed by atoms with Crippen LogP contribution in [0, 0.1) is 0 Å². The molecule has 1 aromatic heterocycles. The number of aromatic nitrogens is 2. The second-order valence-electron chi connectivity index (χ2n) is 5.03. The van der Waals surface area contributed by atoms with Crippen molar-refractivity contribution in [2.45, 2.75) is 33.0 Å². The molecule has 0 aliphatic heterocycles. The Morgan fingerprint density at radius 3 is 2.42 bits per heavy atom. The van der Waals surface area contributed by atoms with E-state index in [1.165, 1.54) is 6.92 Å². The molecule has 0 bridgehead atoms. The second-order valence-corrected chi connectivity index (χ2v) is 5.03. The van der Waals surface area contributed by atoms with E-state index < -0.39 is 11.9 Å². The van der Waals surface area contributed by atoms with Crippen molar-refractivity contribution in [3.8, 4) is 5.75 Å². The van der Waals surface area contributed by atoms with Gasteiger partial charge in [-0.3, -0.25) is 4.68 Å². The quantitative estimate of drug-likeness (QED) is 0.705. The molecular weight excluding hydrogens is 321 g/mol. The maximum Gasteiger partial charge on any atom is 0.452 e. The Morgan fingerprint density at radius 2 is 1.88 bits per heavy atom. The molecule has 0 aliphatic carbocycles. The van der Waals surface area contributed by atoms with Gasteiger partial charge in [0.05, 0.1) is 18.8 Å². The molecule has 0 saturated carbocycles. The smallest absolute Gasteiger partial charge is 0.452 e. The van der Waals surface area contributed by atoms with E-state index >= 15 is 0 Å². The van der Waals surface area contributed by atoms with Gasteiger partial charge < -0.3 is 9.47 Å². The lowest BCUT2D eigenvalue weighted by Gasteiger charge is -2.12. The number of aryl methyl sites for hydroxylation is 1. The molecule has 1 heterocycles. The summed E-state index contributed by atoms with van der Waals surface area (Å²) in [7, 11) is 0.